The van der Waals surface area contributed by atoms with Gasteiger partial charge in [0.1, 0.15) is 30.3 Å². The van der Waals surface area contributed by atoms with E-state index in [1.165, 1.54) is 0 Å². The Labute approximate surface area is 334 Å². The van der Waals surface area contributed by atoms with Gasteiger partial charge in [-0.2, -0.15) is 0 Å². The summed E-state index contributed by atoms with van der Waals surface area (Å²) in [5.41, 5.74) is 2.87. The first-order chi connectivity index (χ1) is 27.2. The van der Waals surface area contributed by atoms with Crippen LogP contribution in [0, 0.1) is 11.8 Å². The zero-order chi connectivity index (χ0) is 40.3. The number of ketones is 2. The van der Waals surface area contributed by atoms with Crippen LogP contribution in [0.1, 0.15) is 71.6 Å². The summed E-state index contributed by atoms with van der Waals surface area (Å²) in [5, 5.41) is 16.6. The number of aromatic nitrogens is 2. The molecule has 0 saturated heterocycles. The summed E-state index contributed by atoms with van der Waals surface area (Å²) in [6.45, 7) is 10.7. The highest BCUT2D eigenvalue weighted by atomic mass is 28.4. The lowest BCUT2D eigenvalue weighted by molar-refractivity contribution is -0.140. The minimum atomic E-state index is -2.90. The minimum Gasteiger partial charge on any atom is -0.507 e. The number of pyridine rings is 1. The molecule has 3 aliphatic rings. The zero-order valence-electron chi connectivity index (χ0n) is 33.5. The third-order valence-electron chi connectivity index (χ3n) is 12.3. The predicted molar refractivity (Wildman–Crippen MR) is 219 cm³/mol. The Morgan fingerprint density at radius 3 is 2.05 bits per heavy atom. The number of Topliss-reactive ketones (excluding diaryl/α,β-unsaturated/α-hetero) is 2. The first-order valence-corrected chi connectivity index (χ1v) is 22.4. The minimum absolute atomic E-state index is 0.0136. The van der Waals surface area contributed by atoms with Gasteiger partial charge in [-0.3, -0.25) is 19.5 Å². The molecule has 3 aliphatic carbocycles. The number of benzene rings is 3. The maximum absolute atomic E-state index is 15.9. The molecule has 0 bridgehead atoms. The van der Waals surface area contributed by atoms with Crippen molar-refractivity contribution in [3.05, 3.63) is 136 Å². The summed E-state index contributed by atoms with van der Waals surface area (Å²) < 4.78 is 25.9. The molecule has 4 atom stereocenters. The molecule has 2 aromatic heterocycles. The Kier molecular flexibility index (Phi) is 9.82. The molecule has 11 heteroatoms. The van der Waals surface area contributed by atoms with Crippen molar-refractivity contribution in [2.24, 2.45) is 11.8 Å². The van der Waals surface area contributed by atoms with E-state index in [2.05, 4.69) is 25.9 Å². The molecule has 1 fully saturated rings. The predicted octanol–water partition coefficient (Wildman–Crippen LogP) is 9.18. The molecule has 5 aromatic rings. The van der Waals surface area contributed by atoms with Crippen molar-refractivity contribution in [2.75, 3.05) is 14.1 Å². The van der Waals surface area contributed by atoms with Crippen molar-refractivity contribution in [2.45, 2.75) is 76.6 Å². The van der Waals surface area contributed by atoms with Gasteiger partial charge in [-0.25, -0.2) is 0 Å². The van der Waals surface area contributed by atoms with Gasteiger partial charge in [0.15, 0.2) is 19.7 Å². The van der Waals surface area contributed by atoms with Crippen molar-refractivity contribution < 1.29 is 33.1 Å². The average molecular weight is 784 g/mol. The van der Waals surface area contributed by atoms with Gasteiger partial charge in [0.05, 0.1) is 23.5 Å². The molecule has 0 spiro atoms. The van der Waals surface area contributed by atoms with Crippen molar-refractivity contribution in [1.82, 2.24) is 15.0 Å². The van der Waals surface area contributed by atoms with Crippen LogP contribution >= 0.6 is 0 Å². The first-order valence-electron chi connectivity index (χ1n) is 19.5. The van der Waals surface area contributed by atoms with Gasteiger partial charge in [-0.05, 0) is 72.8 Å². The summed E-state index contributed by atoms with van der Waals surface area (Å²) in [5.74, 6) is -1.74. The maximum atomic E-state index is 15.9. The molecule has 3 aromatic carbocycles. The lowest BCUT2D eigenvalue weighted by Crippen LogP contribution is -2.68. The largest absolute Gasteiger partial charge is 0.507 e. The molecule has 0 unspecified atom stereocenters. The van der Waals surface area contributed by atoms with Crippen LogP contribution in [0.2, 0.25) is 18.1 Å². The van der Waals surface area contributed by atoms with E-state index in [9.17, 15) is 5.11 Å². The molecule has 10 nitrogen and oxygen atoms in total. The van der Waals surface area contributed by atoms with E-state index in [0.29, 0.717) is 35.6 Å². The molecule has 0 radical (unpaired) electrons. The second-order valence-electron chi connectivity index (χ2n) is 17.1. The molecule has 57 heavy (non-hydrogen) atoms. The fourth-order valence-electron chi connectivity index (χ4n) is 8.52. The van der Waals surface area contributed by atoms with Crippen molar-refractivity contribution >= 4 is 25.6 Å². The van der Waals surface area contributed by atoms with Crippen molar-refractivity contribution in [1.29, 1.82) is 0 Å². The summed E-state index contributed by atoms with van der Waals surface area (Å²) in [6.07, 6.45) is 2.35. The second-order valence-corrected chi connectivity index (χ2v) is 21.9. The van der Waals surface area contributed by atoms with Gasteiger partial charge in [-0.1, -0.05) is 112 Å². The van der Waals surface area contributed by atoms with E-state index in [0.717, 1.165) is 22.3 Å². The highest BCUT2D eigenvalue weighted by Crippen LogP contribution is 2.59. The van der Waals surface area contributed by atoms with Crippen LogP contribution in [0.4, 0.5) is 0 Å². The molecule has 8 rings (SSSR count). The van der Waals surface area contributed by atoms with Gasteiger partial charge >= 0.3 is 0 Å². The highest BCUT2D eigenvalue weighted by molar-refractivity contribution is 6.74. The smallest absolute Gasteiger partial charge is 0.265 e. The Balaban J connectivity index is 1.32. The van der Waals surface area contributed by atoms with E-state index in [1.807, 2.05) is 123 Å². The number of hydrogen-bond donors (Lipinski definition) is 1. The summed E-state index contributed by atoms with van der Waals surface area (Å²) in [4.78, 5) is 38.3. The van der Waals surface area contributed by atoms with Gasteiger partial charge < -0.3 is 23.5 Å². The number of rotatable bonds is 10. The lowest BCUT2D eigenvalue weighted by Gasteiger charge is -2.55. The topological polar surface area (TPSA) is 124 Å². The molecule has 1 saturated carbocycles. The Morgan fingerprint density at radius 1 is 0.860 bits per heavy atom. The fourth-order valence-corrected chi connectivity index (χ4v) is 9.97. The number of nitrogens with zero attached hydrogens (tertiary/aromatic N) is 3. The zero-order valence-corrected chi connectivity index (χ0v) is 34.5. The van der Waals surface area contributed by atoms with E-state index in [1.54, 1.807) is 6.20 Å². The van der Waals surface area contributed by atoms with Gasteiger partial charge in [-0.15, -0.1) is 0 Å². The molecule has 1 N–H and O–H groups in total. The second kappa shape index (κ2) is 14.5. The standard InChI is InChI=1S/C46H49N3O7Si/c1-45(2,3)57(6,7)56-46-33(39(49(4)5)41-37(43(46)52)44(48-55-41)54-27-29-19-13-9-14-20-29)24-31-23-32-36(40(50)35(31)42(46)51)34(53-26-28-17-11-8-12-18-28)25-47-38(32)30-21-15-10-16-22-30/h8-22,25,31,33,39,50H,23-24,26-27H2,1-7H3/t31-,33-,39-,46-/m0/s1. The fraction of sp³-hybridized carbons (Fsp3) is 0.348. The van der Waals surface area contributed by atoms with Crippen LogP contribution in [0.5, 0.6) is 11.6 Å². The van der Waals surface area contributed by atoms with Crippen LogP contribution in [0.25, 0.3) is 17.0 Å². The number of fused-ring (bicyclic) bond motifs is 4. The Hall–Kier alpha value is -5.36. The van der Waals surface area contributed by atoms with E-state index < -0.39 is 43.4 Å². The molecular formula is C46H49N3O7Si. The third kappa shape index (κ3) is 6.51. The summed E-state index contributed by atoms with van der Waals surface area (Å²) in [6, 6.07) is 28.6. The van der Waals surface area contributed by atoms with Crippen LogP contribution in [-0.4, -0.2) is 59.7 Å². The van der Waals surface area contributed by atoms with Crippen LogP contribution < -0.4 is 9.47 Å². The number of ether oxygens (including phenoxy) is 2. The van der Waals surface area contributed by atoms with E-state index in [4.69, 9.17) is 23.4 Å². The van der Waals surface area contributed by atoms with Crippen LogP contribution in [0.15, 0.2) is 107 Å². The normalized spacial score (nSPS) is 21.8. The van der Waals surface area contributed by atoms with Gasteiger partial charge in [0.25, 0.3) is 5.88 Å². The summed E-state index contributed by atoms with van der Waals surface area (Å²) in [7, 11) is 0.914. The monoisotopic (exact) mass is 783 g/mol. The molecular weight excluding hydrogens is 735 g/mol. The number of carbonyl (C=O) groups is 2. The number of aliphatic hydroxyl groups excluding tert-OH is 1. The van der Waals surface area contributed by atoms with Crippen molar-refractivity contribution in [3.63, 3.8) is 0 Å². The van der Waals surface area contributed by atoms with Crippen LogP contribution in [0.3, 0.4) is 0 Å². The Bertz CT molecular complexity index is 2350. The third-order valence-corrected chi connectivity index (χ3v) is 16.8. The molecule has 294 valence electrons. The number of carbonyl (C=O) groups excluding carboxylic acids is 2. The first kappa shape index (κ1) is 38.5. The van der Waals surface area contributed by atoms with Gasteiger partial charge in [0, 0.05) is 17.1 Å². The van der Waals surface area contributed by atoms with Gasteiger partial charge in [0.2, 0.25) is 11.6 Å². The quantitative estimate of drug-likeness (QED) is 0.108. The Morgan fingerprint density at radius 2 is 1.46 bits per heavy atom. The SMILES string of the molecule is CN(C)[C@@H]1c2onc(OCc3ccccc3)c2C(=O)[C@@]2(O[Si](C)(C)C(C)(C)C)C(=O)C3=C(O)c4c(OCc5ccccc5)cnc(-c5ccccc5)c4C[C@H]3C[C@@H]12. The average Bonchev–Trinajstić information content (AvgIpc) is 3.61. The number of hydrogen-bond acceptors (Lipinski definition) is 10. The highest BCUT2D eigenvalue weighted by Gasteiger charge is 2.69. The van der Waals surface area contributed by atoms with E-state index >= 15 is 9.59 Å². The molecule has 0 aliphatic heterocycles. The number of aliphatic hydroxyl groups is 1. The summed E-state index contributed by atoms with van der Waals surface area (Å²) >= 11 is 0. The van der Waals surface area contributed by atoms with Crippen LogP contribution in [-0.2, 0) is 28.9 Å². The maximum Gasteiger partial charge on any atom is 0.265 e. The van der Waals surface area contributed by atoms with E-state index in [-0.39, 0.29) is 41.0 Å². The molecule has 0 amide bonds. The molecule has 2 heterocycles. The lowest BCUT2D eigenvalue weighted by atomic mass is 9.57. The van der Waals surface area contributed by atoms with Crippen molar-refractivity contribution in [3.8, 4) is 22.9 Å².